The first-order valence-electron chi connectivity index (χ1n) is 3.86. The summed E-state index contributed by atoms with van der Waals surface area (Å²) in [4.78, 5) is 3.95. The molecule has 0 aromatic carbocycles. The van der Waals surface area contributed by atoms with E-state index in [1.165, 1.54) is 0 Å². The third kappa shape index (κ3) is 2.84. The van der Waals surface area contributed by atoms with E-state index in [9.17, 15) is 0 Å². The molecule has 0 saturated heterocycles. The van der Waals surface area contributed by atoms with Gasteiger partial charge in [-0.15, -0.1) is 0 Å². The summed E-state index contributed by atoms with van der Waals surface area (Å²) in [5.41, 5.74) is 0. The molecule has 0 amide bonds. The van der Waals surface area contributed by atoms with Crippen molar-refractivity contribution < 1.29 is 10.2 Å². The Kier molecular flexibility index (Phi) is 3.95. The number of halogens is 1. The summed E-state index contributed by atoms with van der Waals surface area (Å²) in [5, 5.41) is 20.8. The molecule has 0 unspecified atom stereocenters. The van der Waals surface area contributed by atoms with E-state index in [1.807, 2.05) is 0 Å². The van der Waals surface area contributed by atoms with Gasteiger partial charge in [-0.05, 0) is 12.1 Å². The number of nitrogens with zero attached hydrogens (tertiary/aromatic N) is 1. The van der Waals surface area contributed by atoms with Gasteiger partial charge in [-0.25, -0.2) is 4.98 Å². The summed E-state index contributed by atoms with van der Waals surface area (Å²) >= 11 is 5.79. The standard InChI is InChI=1S/C8H11ClN2O2/c9-7-2-1-3-10-8(7)11-6(4-12)5-13/h1-3,6,12-13H,4-5H2,(H,10,11). The van der Waals surface area contributed by atoms with Crippen LogP contribution in [0, 0.1) is 0 Å². The highest BCUT2D eigenvalue weighted by Crippen LogP contribution is 2.17. The van der Waals surface area contributed by atoms with Gasteiger partial charge in [-0.3, -0.25) is 0 Å². The molecule has 0 atom stereocenters. The maximum absolute atomic E-state index is 8.78. The van der Waals surface area contributed by atoms with E-state index in [4.69, 9.17) is 21.8 Å². The number of anilines is 1. The van der Waals surface area contributed by atoms with Crippen LogP contribution in [0.4, 0.5) is 5.82 Å². The second kappa shape index (κ2) is 5.01. The van der Waals surface area contributed by atoms with E-state index in [1.54, 1.807) is 18.3 Å². The van der Waals surface area contributed by atoms with Crippen molar-refractivity contribution in [2.75, 3.05) is 18.5 Å². The maximum atomic E-state index is 8.78. The molecule has 4 nitrogen and oxygen atoms in total. The number of hydrogen-bond donors (Lipinski definition) is 3. The number of pyridine rings is 1. The lowest BCUT2D eigenvalue weighted by Gasteiger charge is -2.14. The average Bonchev–Trinajstić information content (AvgIpc) is 2.17. The minimum absolute atomic E-state index is 0.163. The predicted octanol–water partition coefficient (Wildman–Crippen LogP) is 0.500. The van der Waals surface area contributed by atoms with Gasteiger partial charge in [0.1, 0.15) is 5.82 Å². The van der Waals surface area contributed by atoms with Crippen molar-refractivity contribution in [3.63, 3.8) is 0 Å². The van der Waals surface area contributed by atoms with Gasteiger partial charge in [-0.2, -0.15) is 0 Å². The van der Waals surface area contributed by atoms with E-state index < -0.39 is 6.04 Å². The minimum Gasteiger partial charge on any atom is -0.394 e. The van der Waals surface area contributed by atoms with Crippen LogP contribution < -0.4 is 5.32 Å². The number of hydrogen-bond acceptors (Lipinski definition) is 4. The molecule has 5 heteroatoms. The van der Waals surface area contributed by atoms with Gasteiger partial charge in [-0.1, -0.05) is 11.6 Å². The highest BCUT2D eigenvalue weighted by atomic mass is 35.5. The van der Waals surface area contributed by atoms with Crippen LogP contribution >= 0.6 is 11.6 Å². The Hall–Kier alpha value is -0.840. The highest BCUT2D eigenvalue weighted by Gasteiger charge is 2.07. The summed E-state index contributed by atoms with van der Waals surface area (Å²) < 4.78 is 0. The van der Waals surface area contributed by atoms with Gasteiger partial charge in [0, 0.05) is 6.20 Å². The molecular weight excluding hydrogens is 192 g/mol. The summed E-state index contributed by atoms with van der Waals surface area (Å²) in [6.45, 7) is -0.327. The smallest absolute Gasteiger partial charge is 0.145 e. The van der Waals surface area contributed by atoms with E-state index in [2.05, 4.69) is 10.3 Å². The number of nitrogens with one attached hydrogen (secondary N) is 1. The SMILES string of the molecule is OCC(CO)Nc1ncccc1Cl. The summed E-state index contributed by atoms with van der Waals surface area (Å²) in [6.07, 6.45) is 1.58. The van der Waals surface area contributed by atoms with Crippen LogP contribution in [0.25, 0.3) is 0 Å². The predicted molar refractivity (Wildman–Crippen MR) is 50.8 cm³/mol. The monoisotopic (exact) mass is 202 g/mol. The Bertz CT molecular complexity index is 266. The van der Waals surface area contributed by atoms with Crippen LogP contribution in [0.3, 0.4) is 0 Å². The normalized spacial score (nSPS) is 10.5. The molecule has 1 aromatic heterocycles. The Morgan fingerprint density at radius 2 is 2.15 bits per heavy atom. The lowest BCUT2D eigenvalue weighted by atomic mass is 10.3. The zero-order valence-corrected chi connectivity index (χ0v) is 7.70. The Morgan fingerprint density at radius 3 is 2.69 bits per heavy atom. The molecule has 13 heavy (non-hydrogen) atoms. The lowest BCUT2D eigenvalue weighted by Crippen LogP contribution is -2.28. The molecule has 1 aromatic rings. The molecule has 0 saturated carbocycles. The first-order valence-corrected chi connectivity index (χ1v) is 4.24. The molecule has 0 radical (unpaired) electrons. The zero-order chi connectivity index (χ0) is 9.68. The minimum atomic E-state index is -0.424. The molecule has 0 bridgehead atoms. The van der Waals surface area contributed by atoms with Crippen molar-refractivity contribution in [1.29, 1.82) is 0 Å². The van der Waals surface area contributed by atoms with Gasteiger partial charge in [0.15, 0.2) is 0 Å². The largest absolute Gasteiger partial charge is 0.394 e. The van der Waals surface area contributed by atoms with Crippen molar-refractivity contribution in [3.05, 3.63) is 23.4 Å². The maximum Gasteiger partial charge on any atom is 0.145 e. The summed E-state index contributed by atoms with van der Waals surface area (Å²) in [6, 6.07) is 2.97. The van der Waals surface area contributed by atoms with E-state index in [0.717, 1.165) is 0 Å². The van der Waals surface area contributed by atoms with Crippen molar-refractivity contribution in [2.24, 2.45) is 0 Å². The lowest BCUT2D eigenvalue weighted by molar-refractivity contribution is 0.203. The molecule has 0 fully saturated rings. The van der Waals surface area contributed by atoms with Gasteiger partial charge >= 0.3 is 0 Å². The van der Waals surface area contributed by atoms with Crippen LogP contribution in [-0.2, 0) is 0 Å². The van der Waals surface area contributed by atoms with Gasteiger partial charge in [0.2, 0.25) is 0 Å². The van der Waals surface area contributed by atoms with Crippen molar-refractivity contribution in [1.82, 2.24) is 4.98 Å². The fourth-order valence-corrected chi connectivity index (χ4v) is 1.01. The number of aromatic nitrogens is 1. The van der Waals surface area contributed by atoms with E-state index in [0.29, 0.717) is 10.8 Å². The Labute approximate surface area is 81.2 Å². The molecule has 0 spiro atoms. The topological polar surface area (TPSA) is 65.4 Å². The first-order chi connectivity index (χ1) is 6.27. The molecule has 1 heterocycles. The van der Waals surface area contributed by atoms with Crippen molar-refractivity contribution in [2.45, 2.75) is 6.04 Å². The van der Waals surface area contributed by atoms with Crippen LogP contribution in [0.5, 0.6) is 0 Å². The van der Waals surface area contributed by atoms with Crippen molar-refractivity contribution >= 4 is 17.4 Å². The second-order valence-corrected chi connectivity index (χ2v) is 2.95. The molecule has 0 aliphatic rings. The highest BCUT2D eigenvalue weighted by molar-refractivity contribution is 6.32. The molecular formula is C8H11ClN2O2. The fraction of sp³-hybridized carbons (Fsp3) is 0.375. The van der Waals surface area contributed by atoms with Crippen molar-refractivity contribution in [3.8, 4) is 0 Å². The van der Waals surface area contributed by atoms with Gasteiger partial charge in [0.05, 0.1) is 24.3 Å². The molecule has 72 valence electrons. The van der Waals surface area contributed by atoms with Crippen LogP contribution in [0.15, 0.2) is 18.3 Å². The number of rotatable bonds is 4. The average molecular weight is 203 g/mol. The number of aliphatic hydroxyl groups excluding tert-OH is 2. The third-order valence-electron chi connectivity index (χ3n) is 1.54. The zero-order valence-electron chi connectivity index (χ0n) is 6.94. The molecule has 0 aliphatic heterocycles. The van der Waals surface area contributed by atoms with Gasteiger partial charge < -0.3 is 15.5 Å². The Morgan fingerprint density at radius 1 is 1.46 bits per heavy atom. The van der Waals surface area contributed by atoms with Crippen LogP contribution in [0.2, 0.25) is 5.02 Å². The molecule has 1 rings (SSSR count). The van der Waals surface area contributed by atoms with Crippen LogP contribution in [0.1, 0.15) is 0 Å². The van der Waals surface area contributed by atoms with Gasteiger partial charge in [0.25, 0.3) is 0 Å². The van der Waals surface area contributed by atoms with E-state index >= 15 is 0 Å². The third-order valence-corrected chi connectivity index (χ3v) is 1.85. The number of aliphatic hydroxyl groups is 2. The van der Waals surface area contributed by atoms with Crippen LogP contribution in [-0.4, -0.2) is 34.5 Å². The fourth-order valence-electron chi connectivity index (χ4n) is 0.834. The summed E-state index contributed by atoms with van der Waals surface area (Å²) in [7, 11) is 0. The van der Waals surface area contributed by atoms with E-state index in [-0.39, 0.29) is 13.2 Å². The molecule has 0 aliphatic carbocycles. The second-order valence-electron chi connectivity index (χ2n) is 2.54. The summed E-state index contributed by atoms with van der Waals surface area (Å²) in [5.74, 6) is 0.470. The molecule has 3 N–H and O–H groups in total. The first kappa shape index (κ1) is 10.2. The Balaban J connectivity index is 2.67. The quantitative estimate of drug-likeness (QED) is 0.666.